The third kappa shape index (κ3) is 4.89. The van der Waals surface area contributed by atoms with E-state index in [9.17, 15) is 0 Å². The largest absolute Gasteiger partial charge is 0.490 e. The molecule has 0 aliphatic rings. The van der Waals surface area contributed by atoms with Crippen molar-refractivity contribution < 1.29 is 9.47 Å². The standard InChI is InChI=1S/C18H18BrClN4O2/c1-2-25-17-7-14(9-23-24-11-21-22-12-24)16(19)8-18(17)26-10-13-4-3-5-15(20)6-13/h3-8,11-12,23H,2,9-10H2,1H3. The highest BCUT2D eigenvalue weighted by Crippen LogP contribution is 2.34. The van der Waals surface area contributed by atoms with E-state index in [0.717, 1.165) is 15.6 Å². The van der Waals surface area contributed by atoms with Gasteiger partial charge in [-0.05, 0) is 42.3 Å². The number of rotatable bonds is 8. The summed E-state index contributed by atoms with van der Waals surface area (Å²) in [5.74, 6) is 1.37. The van der Waals surface area contributed by atoms with Crippen molar-refractivity contribution in [2.75, 3.05) is 12.0 Å². The van der Waals surface area contributed by atoms with Gasteiger partial charge in [0.05, 0.1) is 13.2 Å². The Morgan fingerprint density at radius 2 is 1.88 bits per heavy atom. The summed E-state index contributed by atoms with van der Waals surface area (Å²) in [6.07, 6.45) is 3.19. The zero-order chi connectivity index (χ0) is 18.4. The van der Waals surface area contributed by atoms with Crippen molar-refractivity contribution in [2.24, 2.45) is 0 Å². The maximum absolute atomic E-state index is 6.03. The summed E-state index contributed by atoms with van der Waals surface area (Å²) in [6, 6.07) is 11.5. The maximum atomic E-state index is 6.03. The normalized spacial score (nSPS) is 10.6. The molecule has 3 rings (SSSR count). The minimum Gasteiger partial charge on any atom is -0.490 e. The molecule has 0 spiro atoms. The van der Waals surface area contributed by atoms with Gasteiger partial charge in [-0.25, -0.2) is 4.68 Å². The van der Waals surface area contributed by atoms with Gasteiger partial charge in [0.25, 0.3) is 0 Å². The van der Waals surface area contributed by atoms with Crippen molar-refractivity contribution in [3.05, 3.63) is 69.7 Å². The number of ether oxygens (including phenoxy) is 2. The van der Waals surface area contributed by atoms with Crippen LogP contribution in [0.1, 0.15) is 18.1 Å². The van der Waals surface area contributed by atoms with E-state index >= 15 is 0 Å². The molecule has 0 radical (unpaired) electrons. The van der Waals surface area contributed by atoms with Gasteiger partial charge >= 0.3 is 0 Å². The van der Waals surface area contributed by atoms with E-state index in [1.807, 2.05) is 43.3 Å². The lowest BCUT2D eigenvalue weighted by Gasteiger charge is -2.16. The molecule has 3 aromatic rings. The van der Waals surface area contributed by atoms with Gasteiger partial charge < -0.3 is 14.9 Å². The first-order valence-corrected chi connectivity index (χ1v) is 9.23. The molecule has 0 saturated heterocycles. The summed E-state index contributed by atoms with van der Waals surface area (Å²) < 4.78 is 14.3. The molecule has 0 aliphatic carbocycles. The summed E-state index contributed by atoms with van der Waals surface area (Å²) in [5, 5.41) is 8.21. The first kappa shape index (κ1) is 18.5. The monoisotopic (exact) mass is 436 g/mol. The van der Waals surface area contributed by atoms with Gasteiger partial charge in [-0.2, -0.15) is 0 Å². The van der Waals surface area contributed by atoms with Gasteiger partial charge in [0.2, 0.25) is 0 Å². The summed E-state index contributed by atoms with van der Waals surface area (Å²) >= 11 is 9.62. The molecule has 0 unspecified atom stereocenters. The second-order valence-corrected chi connectivity index (χ2v) is 6.74. The number of aromatic nitrogens is 3. The highest BCUT2D eigenvalue weighted by Gasteiger charge is 2.11. The number of hydrogen-bond acceptors (Lipinski definition) is 5. The van der Waals surface area contributed by atoms with Crippen LogP contribution in [0, 0.1) is 0 Å². The third-order valence-electron chi connectivity index (χ3n) is 3.57. The number of hydrogen-bond donors (Lipinski definition) is 1. The van der Waals surface area contributed by atoms with Crippen LogP contribution in [0.15, 0.2) is 53.5 Å². The van der Waals surface area contributed by atoms with Crippen molar-refractivity contribution in [3.8, 4) is 11.5 Å². The average Bonchev–Trinajstić information content (AvgIpc) is 3.14. The molecular formula is C18H18BrClN4O2. The fourth-order valence-corrected chi connectivity index (χ4v) is 3.02. The van der Waals surface area contributed by atoms with E-state index in [0.29, 0.717) is 36.3 Å². The number of nitrogens with zero attached hydrogens (tertiary/aromatic N) is 3. The minimum absolute atomic E-state index is 0.408. The molecule has 0 fully saturated rings. The van der Waals surface area contributed by atoms with Crippen molar-refractivity contribution in [2.45, 2.75) is 20.1 Å². The fraction of sp³-hybridized carbons (Fsp3) is 0.222. The lowest BCUT2D eigenvalue weighted by molar-refractivity contribution is 0.269. The van der Waals surface area contributed by atoms with E-state index in [2.05, 4.69) is 31.6 Å². The summed E-state index contributed by atoms with van der Waals surface area (Å²) in [6.45, 7) is 3.48. The lowest BCUT2D eigenvalue weighted by atomic mass is 10.2. The number of nitrogens with one attached hydrogen (secondary N) is 1. The molecule has 136 valence electrons. The van der Waals surface area contributed by atoms with Crippen LogP contribution in [-0.2, 0) is 13.2 Å². The van der Waals surface area contributed by atoms with Crippen LogP contribution in [-0.4, -0.2) is 21.5 Å². The molecule has 8 heteroatoms. The predicted molar refractivity (Wildman–Crippen MR) is 104 cm³/mol. The highest BCUT2D eigenvalue weighted by atomic mass is 79.9. The molecule has 1 heterocycles. The van der Waals surface area contributed by atoms with E-state index in [4.69, 9.17) is 21.1 Å². The molecule has 6 nitrogen and oxygen atoms in total. The van der Waals surface area contributed by atoms with E-state index in [-0.39, 0.29) is 0 Å². The van der Waals surface area contributed by atoms with Crippen molar-refractivity contribution >= 4 is 27.5 Å². The maximum Gasteiger partial charge on any atom is 0.162 e. The Labute approximate surface area is 165 Å². The molecule has 0 aliphatic heterocycles. The SMILES string of the molecule is CCOc1cc(CNn2cnnc2)c(Br)cc1OCc1cccc(Cl)c1. The summed E-state index contributed by atoms with van der Waals surface area (Å²) in [5.41, 5.74) is 5.21. The smallest absolute Gasteiger partial charge is 0.162 e. The summed E-state index contributed by atoms with van der Waals surface area (Å²) in [4.78, 5) is 0. The van der Waals surface area contributed by atoms with Gasteiger partial charge in [0, 0.05) is 9.50 Å². The number of halogens is 2. The first-order chi connectivity index (χ1) is 12.7. The quantitative estimate of drug-likeness (QED) is 0.565. The lowest BCUT2D eigenvalue weighted by Crippen LogP contribution is -2.12. The third-order valence-corrected chi connectivity index (χ3v) is 4.54. The number of benzene rings is 2. The van der Waals surface area contributed by atoms with Gasteiger partial charge in [-0.15, -0.1) is 10.2 Å². The average molecular weight is 438 g/mol. The van der Waals surface area contributed by atoms with Crippen LogP contribution < -0.4 is 14.9 Å². The Bertz CT molecular complexity index is 858. The van der Waals surface area contributed by atoms with Crippen LogP contribution in [0.2, 0.25) is 5.02 Å². The Morgan fingerprint density at radius 3 is 2.62 bits per heavy atom. The van der Waals surface area contributed by atoms with E-state index in [1.165, 1.54) is 0 Å². The minimum atomic E-state index is 0.408. The van der Waals surface area contributed by atoms with Crippen LogP contribution in [0.4, 0.5) is 0 Å². The Hall–Kier alpha value is -2.25. The predicted octanol–water partition coefficient (Wildman–Crippen LogP) is 4.42. The molecule has 0 amide bonds. The Balaban J connectivity index is 1.75. The molecule has 26 heavy (non-hydrogen) atoms. The summed E-state index contributed by atoms with van der Waals surface area (Å²) in [7, 11) is 0. The van der Waals surface area contributed by atoms with Crippen LogP contribution >= 0.6 is 27.5 Å². The van der Waals surface area contributed by atoms with Gasteiger partial charge in [0.1, 0.15) is 19.3 Å². The van der Waals surface area contributed by atoms with Crippen LogP contribution in [0.3, 0.4) is 0 Å². The van der Waals surface area contributed by atoms with E-state index < -0.39 is 0 Å². The van der Waals surface area contributed by atoms with Crippen LogP contribution in [0.5, 0.6) is 11.5 Å². The molecule has 1 N–H and O–H groups in total. The molecule has 2 aromatic carbocycles. The van der Waals surface area contributed by atoms with Crippen LogP contribution in [0.25, 0.3) is 0 Å². The molecule has 0 bridgehead atoms. The zero-order valence-electron chi connectivity index (χ0n) is 14.2. The molecule has 0 atom stereocenters. The van der Waals surface area contributed by atoms with Crippen molar-refractivity contribution in [1.29, 1.82) is 0 Å². The van der Waals surface area contributed by atoms with E-state index in [1.54, 1.807) is 17.3 Å². The highest BCUT2D eigenvalue weighted by molar-refractivity contribution is 9.10. The van der Waals surface area contributed by atoms with Gasteiger partial charge in [-0.1, -0.05) is 39.7 Å². The zero-order valence-corrected chi connectivity index (χ0v) is 16.5. The van der Waals surface area contributed by atoms with Gasteiger partial charge in [-0.3, -0.25) is 0 Å². The second-order valence-electron chi connectivity index (χ2n) is 5.45. The topological polar surface area (TPSA) is 61.2 Å². The second kappa shape index (κ2) is 8.91. The molecular weight excluding hydrogens is 420 g/mol. The first-order valence-electron chi connectivity index (χ1n) is 8.06. The Kier molecular flexibility index (Phi) is 6.35. The molecule has 1 aromatic heterocycles. The van der Waals surface area contributed by atoms with Crippen molar-refractivity contribution in [1.82, 2.24) is 14.9 Å². The van der Waals surface area contributed by atoms with Crippen molar-refractivity contribution in [3.63, 3.8) is 0 Å². The molecule has 0 saturated carbocycles. The van der Waals surface area contributed by atoms with Gasteiger partial charge in [0.15, 0.2) is 11.5 Å². The Morgan fingerprint density at radius 1 is 1.12 bits per heavy atom. The fourth-order valence-electron chi connectivity index (χ4n) is 2.34.